The molecule has 0 fully saturated rings. The first kappa shape index (κ1) is 14.8. The van der Waals surface area contributed by atoms with Gasteiger partial charge in [-0.3, -0.25) is 0 Å². The van der Waals surface area contributed by atoms with Gasteiger partial charge in [-0.2, -0.15) is 0 Å². The molecule has 0 aliphatic rings. The Morgan fingerprint density at radius 2 is 2.20 bits per heavy atom. The van der Waals surface area contributed by atoms with Crippen LogP contribution in [0.25, 0.3) is 0 Å². The minimum atomic E-state index is -3.62. The van der Waals surface area contributed by atoms with E-state index in [1.807, 2.05) is 6.92 Å². The fourth-order valence-electron chi connectivity index (χ4n) is 1.58. The average molecular weight is 313 g/mol. The SMILES string of the molecule is COc1cc(S(=O)(=O)NCc2ncc(C)s2)ccc1N. The van der Waals surface area contributed by atoms with Crippen molar-refractivity contribution < 1.29 is 13.2 Å². The molecule has 108 valence electrons. The van der Waals surface area contributed by atoms with Crippen LogP contribution in [-0.2, 0) is 16.6 Å². The smallest absolute Gasteiger partial charge is 0.241 e. The highest BCUT2D eigenvalue weighted by molar-refractivity contribution is 7.89. The first-order valence-electron chi connectivity index (χ1n) is 5.77. The van der Waals surface area contributed by atoms with Gasteiger partial charge in [-0.1, -0.05) is 0 Å². The molecule has 0 aliphatic heterocycles. The lowest BCUT2D eigenvalue weighted by Crippen LogP contribution is -2.23. The Hall–Kier alpha value is -1.64. The van der Waals surface area contributed by atoms with Crippen LogP contribution in [0.15, 0.2) is 29.3 Å². The minimum absolute atomic E-state index is 0.108. The normalized spacial score (nSPS) is 11.5. The predicted molar refractivity (Wildman–Crippen MR) is 78.3 cm³/mol. The third-order valence-electron chi connectivity index (χ3n) is 2.60. The summed E-state index contributed by atoms with van der Waals surface area (Å²) in [6.07, 6.45) is 1.71. The maximum atomic E-state index is 12.2. The van der Waals surface area contributed by atoms with Crippen molar-refractivity contribution in [1.82, 2.24) is 9.71 Å². The van der Waals surface area contributed by atoms with Crippen LogP contribution in [0.1, 0.15) is 9.88 Å². The van der Waals surface area contributed by atoms with Gasteiger partial charge in [-0.25, -0.2) is 18.1 Å². The molecule has 1 aromatic carbocycles. The molecule has 0 amide bonds. The van der Waals surface area contributed by atoms with Crippen LogP contribution in [0.3, 0.4) is 0 Å². The number of nitrogen functional groups attached to an aromatic ring is 1. The number of anilines is 1. The number of rotatable bonds is 5. The van der Waals surface area contributed by atoms with Crippen LogP contribution in [0, 0.1) is 6.92 Å². The quantitative estimate of drug-likeness (QED) is 0.816. The molecule has 0 saturated heterocycles. The van der Waals surface area contributed by atoms with Crippen LogP contribution in [-0.4, -0.2) is 20.5 Å². The molecular formula is C12H15N3O3S2. The van der Waals surface area contributed by atoms with E-state index in [0.29, 0.717) is 16.4 Å². The molecule has 8 heteroatoms. The maximum Gasteiger partial charge on any atom is 0.241 e. The second-order valence-corrected chi connectivity index (χ2v) is 7.18. The topological polar surface area (TPSA) is 94.3 Å². The number of aryl methyl sites for hydroxylation is 1. The van der Waals surface area contributed by atoms with Crippen molar-refractivity contribution in [1.29, 1.82) is 0 Å². The highest BCUT2D eigenvalue weighted by atomic mass is 32.2. The van der Waals surface area contributed by atoms with Gasteiger partial charge in [0, 0.05) is 17.1 Å². The standard InChI is InChI=1S/C12H15N3O3S2/c1-8-6-14-12(19-8)7-15-20(16,17)9-3-4-10(13)11(5-9)18-2/h3-6,15H,7,13H2,1-2H3. The number of hydrogen-bond donors (Lipinski definition) is 2. The van der Waals surface area contributed by atoms with E-state index in [0.717, 1.165) is 4.88 Å². The summed E-state index contributed by atoms with van der Waals surface area (Å²) in [5, 5.41) is 0.716. The molecule has 20 heavy (non-hydrogen) atoms. The van der Waals surface area contributed by atoms with Gasteiger partial charge < -0.3 is 10.5 Å². The summed E-state index contributed by atoms with van der Waals surface area (Å²) in [4.78, 5) is 5.25. The van der Waals surface area contributed by atoms with Gasteiger partial charge in [-0.15, -0.1) is 11.3 Å². The van der Waals surface area contributed by atoms with Gasteiger partial charge >= 0.3 is 0 Å². The van der Waals surface area contributed by atoms with Crippen LogP contribution >= 0.6 is 11.3 Å². The molecule has 3 N–H and O–H groups in total. The van der Waals surface area contributed by atoms with E-state index >= 15 is 0 Å². The summed E-state index contributed by atoms with van der Waals surface area (Å²) in [6.45, 7) is 2.08. The largest absolute Gasteiger partial charge is 0.495 e. The van der Waals surface area contributed by atoms with Crippen LogP contribution in [0.2, 0.25) is 0 Å². The summed E-state index contributed by atoms with van der Waals surface area (Å²) in [5.74, 6) is 0.331. The average Bonchev–Trinajstić information content (AvgIpc) is 2.83. The second kappa shape index (κ2) is 5.78. The third kappa shape index (κ3) is 3.27. The number of aromatic nitrogens is 1. The minimum Gasteiger partial charge on any atom is -0.495 e. The zero-order chi connectivity index (χ0) is 14.8. The van der Waals surface area contributed by atoms with Gasteiger partial charge in [0.25, 0.3) is 0 Å². The van der Waals surface area contributed by atoms with Crippen molar-refractivity contribution in [3.8, 4) is 5.75 Å². The van der Waals surface area contributed by atoms with E-state index in [1.54, 1.807) is 6.20 Å². The van der Waals surface area contributed by atoms with E-state index in [1.165, 1.54) is 36.6 Å². The number of benzene rings is 1. The summed E-state index contributed by atoms with van der Waals surface area (Å²) in [6, 6.07) is 4.33. The van der Waals surface area contributed by atoms with Crippen molar-refractivity contribution in [2.75, 3.05) is 12.8 Å². The molecule has 0 atom stereocenters. The monoisotopic (exact) mass is 313 g/mol. The lowest BCUT2D eigenvalue weighted by Gasteiger charge is -2.09. The Bertz CT molecular complexity index is 710. The molecule has 6 nitrogen and oxygen atoms in total. The lowest BCUT2D eigenvalue weighted by molar-refractivity contribution is 0.415. The molecule has 0 saturated carbocycles. The number of hydrogen-bond acceptors (Lipinski definition) is 6. The van der Waals surface area contributed by atoms with Gasteiger partial charge in [0.2, 0.25) is 10.0 Å². The van der Waals surface area contributed by atoms with Crippen LogP contribution < -0.4 is 15.2 Å². The van der Waals surface area contributed by atoms with Crippen molar-refractivity contribution in [2.45, 2.75) is 18.4 Å². The summed E-state index contributed by atoms with van der Waals surface area (Å²) < 4.78 is 31.8. The fraction of sp³-hybridized carbons (Fsp3) is 0.250. The Labute approximate surface area is 121 Å². The number of nitrogens with one attached hydrogen (secondary N) is 1. The van der Waals surface area contributed by atoms with Gasteiger partial charge in [0.1, 0.15) is 10.8 Å². The molecule has 2 aromatic rings. The molecule has 0 bridgehead atoms. The first-order valence-corrected chi connectivity index (χ1v) is 8.07. The van der Waals surface area contributed by atoms with Crippen LogP contribution in [0.5, 0.6) is 5.75 Å². The van der Waals surface area contributed by atoms with Crippen molar-refractivity contribution in [3.05, 3.63) is 34.3 Å². The first-order chi connectivity index (χ1) is 9.42. The van der Waals surface area contributed by atoms with Crippen LogP contribution in [0.4, 0.5) is 5.69 Å². The Kier molecular flexibility index (Phi) is 4.26. The van der Waals surface area contributed by atoms with E-state index in [4.69, 9.17) is 10.5 Å². The van der Waals surface area contributed by atoms with Gasteiger partial charge in [0.05, 0.1) is 24.2 Å². The highest BCUT2D eigenvalue weighted by Crippen LogP contribution is 2.24. The molecule has 0 radical (unpaired) electrons. The molecule has 1 heterocycles. The van der Waals surface area contributed by atoms with Gasteiger partial charge in [0.15, 0.2) is 0 Å². The molecule has 0 spiro atoms. The number of ether oxygens (including phenoxy) is 1. The number of nitrogens with two attached hydrogens (primary N) is 1. The highest BCUT2D eigenvalue weighted by Gasteiger charge is 2.16. The lowest BCUT2D eigenvalue weighted by atomic mass is 10.3. The van der Waals surface area contributed by atoms with Crippen molar-refractivity contribution in [2.24, 2.45) is 0 Å². The number of nitrogens with zero attached hydrogens (tertiary/aromatic N) is 1. The predicted octanol–water partition coefficient (Wildman–Crippen LogP) is 1.52. The molecule has 0 unspecified atom stereocenters. The zero-order valence-corrected chi connectivity index (χ0v) is 12.7. The maximum absolute atomic E-state index is 12.2. The van der Waals surface area contributed by atoms with E-state index in [9.17, 15) is 8.42 Å². The Morgan fingerprint density at radius 3 is 2.80 bits per heavy atom. The fourth-order valence-corrected chi connectivity index (χ4v) is 3.40. The Balaban J connectivity index is 2.17. The van der Waals surface area contributed by atoms with Crippen molar-refractivity contribution >= 4 is 27.0 Å². The molecule has 2 rings (SSSR count). The summed E-state index contributed by atoms with van der Waals surface area (Å²) >= 11 is 1.45. The number of thiazole rings is 1. The number of methoxy groups -OCH3 is 1. The molecule has 0 aliphatic carbocycles. The van der Waals surface area contributed by atoms with E-state index < -0.39 is 10.0 Å². The number of sulfonamides is 1. The Morgan fingerprint density at radius 1 is 1.45 bits per heavy atom. The second-order valence-electron chi connectivity index (χ2n) is 4.09. The van der Waals surface area contributed by atoms with E-state index in [2.05, 4.69) is 9.71 Å². The summed E-state index contributed by atoms with van der Waals surface area (Å²) in [7, 11) is -2.18. The third-order valence-corrected chi connectivity index (χ3v) is 4.91. The summed E-state index contributed by atoms with van der Waals surface area (Å²) in [5.41, 5.74) is 6.05. The molecular weight excluding hydrogens is 298 g/mol. The molecule has 1 aromatic heterocycles. The van der Waals surface area contributed by atoms with Gasteiger partial charge in [-0.05, 0) is 19.1 Å². The van der Waals surface area contributed by atoms with E-state index in [-0.39, 0.29) is 11.4 Å². The van der Waals surface area contributed by atoms with Crippen molar-refractivity contribution in [3.63, 3.8) is 0 Å². The zero-order valence-electron chi connectivity index (χ0n) is 11.1.